The molecule has 4 atom stereocenters. The molecule has 0 unspecified atom stereocenters. The molecule has 0 spiro atoms. The van der Waals surface area contributed by atoms with E-state index in [1.165, 1.54) is 10.8 Å². The molecule has 0 amide bonds. The van der Waals surface area contributed by atoms with Crippen LogP contribution in [-0.2, 0) is 9.47 Å². The van der Waals surface area contributed by atoms with Gasteiger partial charge in [0.05, 0.1) is 18.8 Å². The van der Waals surface area contributed by atoms with Gasteiger partial charge in [-0.1, -0.05) is 49.4 Å². The number of aliphatic hydroxyl groups excluding tert-OH is 1. The average Bonchev–Trinajstić information content (AvgIpc) is 2.82. The van der Waals surface area contributed by atoms with Crippen molar-refractivity contribution in [1.82, 2.24) is 0 Å². The summed E-state index contributed by atoms with van der Waals surface area (Å²) in [6.45, 7) is 2.10. The number of hydrogen-bond acceptors (Lipinski definition) is 3. The summed E-state index contributed by atoms with van der Waals surface area (Å²) in [4.78, 5) is 0. The van der Waals surface area contributed by atoms with E-state index in [0.29, 0.717) is 0 Å². The summed E-state index contributed by atoms with van der Waals surface area (Å²) in [6, 6.07) is 14.5. The molecule has 1 aliphatic rings. The van der Waals surface area contributed by atoms with E-state index in [4.69, 9.17) is 9.47 Å². The van der Waals surface area contributed by atoms with Crippen molar-refractivity contribution < 1.29 is 14.6 Å². The van der Waals surface area contributed by atoms with Gasteiger partial charge in [-0.3, -0.25) is 0 Å². The molecule has 106 valence electrons. The summed E-state index contributed by atoms with van der Waals surface area (Å²) in [5.74, 6) is 0.175. The lowest BCUT2D eigenvalue weighted by atomic mass is 9.92. The Balaban J connectivity index is 2.06. The first-order chi connectivity index (χ1) is 9.76. The molecule has 1 heterocycles. The van der Waals surface area contributed by atoms with Gasteiger partial charge in [0, 0.05) is 13.0 Å². The Labute approximate surface area is 119 Å². The van der Waals surface area contributed by atoms with E-state index in [0.717, 1.165) is 5.56 Å². The number of hydrogen-bond donors (Lipinski definition) is 1. The van der Waals surface area contributed by atoms with Gasteiger partial charge in [-0.05, 0) is 16.3 Å². The lowest BCUT2D eigenvalue weighted by Gasteiger charge is -2.21. The van der Waals surface area contributed by atoms with Crippen LogP contribution in [0.2, 0.25) is 0 Å². The maximum absolute atomic E-state index is 9.45. The fourth-order valence-corrected chi connectivity index (χ4v) is 3.17. The maximum Gasteiger partial charge on any atom is 0.110 e. The van der Waals surface area contributed by atoms with E-state index in [1.807, 2.05) is 18.2 Å². The van der Waals surface area contributed by atoms with Crippen molar-refractivity contribution in [1.29, 1.82) is 0 Å². The van der Waals surface area contributed by atoms with Crippen molar-refractivity contribution in [3.05, 3.63) is 48.0 Å². The van der Waals surface area contributed by atoms with Gasteiger partial charge in [0.15, 0.2) is 0 Å². The number of rotatable bonds is 3. The molecule has 1 saturated heterocycles. The van der Waals surface area contributed by atoms with Crippen LogP contribution in [0.1, 0.15) is 18.6 Å². The Kier molecular flexibility index (Phi) is 3.74. The summed E-state index contributed by atoms with van der Waals surface area (Å²) in [7, 11) is 1.71. The van der Waals surface area contributed by atoms with Gasteiger partial charge >= 0.3 is 0 Å². The minimum atomic E-state index is -0.163. The second kappa shape index (κ2) is 5.52. The van der Waals surface area contributed by atoms with Crippen molar-refractivity contribution in [2.24, 2.45) is 5.92 Å². The molecule has 0 radical (unpaired) electrons. The van der Waals surface area contributed by atoms with Crippen LogP contribution >= 0.6 is 0 Å². The fourth-order valence-electron chi connectivity index (χ4n) is 3.17. The average molecular weight is 272 g/mol. The minimum Gasteiger partial charge on any atom is -0.394 e. The summed E-state index contributed by atoms with van der Waals surface area (Å²) in [5, 5.41) is 11.8. The minimum absolute atomic E-state index is 0.0297. The van der Waals surface area contributed by atoms with Crippen molar-refractivity contribution in [2.75, 3.05) is 13.7 Å². The van der Waals surface area contributed by atoms with E-state index >= 15 is 0 Å². The highest BCUT2D eigenvalue weighted by Crippen LogP contribution is 2.41. The van der Waals surface area contributed by atoms with Crippen LogP contribution in [0.3, 0.4) is 0 Å². The van der Waals surface area contributed by atoms with Crippen LogP contribution in [0.5, 0.6) is 0 Å². The van der Waals surface area contributed by atoms with Gasteiger partial charge < -0.3 is 14.6 Å². The molecule has 3 heteroatoms. The Bertz CT molecular complexity index is 590. The second-order valence-corrected chi connectivity index (χ2v) is 5.41. The predicted octanol–water partition coefficient (Wildman–Crippen LogP) is 2.92. The largest absolute Gasteiger partial charge is 0.394 e. The molecule has 0 bridgehead atoms. The normalized spacial score (nSPS) is 29.9. The Morgan fingerprint density at radius 2 is 1.90 bits per heavy atom. The predicted molar refractivity (Wildman–Crippen MR) is 78.6 cm³/mol. The van der Waals surface area contributed by atoms with E-state index in [2.05, 4.69) is 31.2 Å². The van der Waals surface area contributed by atoms with Gasteiger partial charge in [-0.2, -0.15) is 0 Å². The third kappa shape index (κ3) is 2.12. The van der Waals surface area contributed by atoms with E-state index < -0.39 is 0 Å². The second-order valence-electron chi connectivity index (χ2n) is 5.41. The van der Waals surface area contributed by atoms with Crippen molar-refractivity contribution in [2.45, 2.75) is 25.2 Å². The number of methoxy groups -OCH3 is 1. The summed E-state index contributed by atoms with van der Waals surface area (Å²) in [5.41, 5.74) is 1.14. The molecule has 1 N–H and O–H groups in total. The van der Waals surface area contributed by atoms with Crippen LogP contribution in [0, 0.1) is 5.92 Å². The van der Waals surface area contributed by atoms with E-state index in [-0.39, 0.29) is 30.8 Å². The Hall–Kier alpha value is -1.42. The van der Waals surface area contributed by atoms with E-state index in [1.54, 1.807) is 7.11 Å². The number of benzene rings is 2. The van der Waals surface area contributed by atoms with Crippen LogP contribution < -0.4 is 0 Å². The lowest BCUT2D eigenvalue weighted by molar-refractivity contribution is -0.0203. The lowest BCUT2D eigenvalue weighted by Crippen LogP contribution is -2.25. The first-order valence-corrected chi connectivity index (χ1v) is 7.03. The maximum atomic E-state index is 9.45. The van der Waals surface area contributed by atoms with Gasteiger partial charge in [0.1, 0.15) is 6.10 Å². The van der Waals surface area contributed by atoms with Crippen molar-refractivity contribution >= 4 is 10.8 Å². The molecular formula is C17H20O3. The first-order valence-electron chi connectivity index (χ1n) is 7.03. The molecular weight excluding hydrogens is 252 g/mol. The molecule has 1 fully saturated rings. The summed E-state index contributed by atoms with van der Waals surface area (Å²) in [6.07, 6.45) is -0.319. The topological polar surface area (TPSA) is 38.7 Å². The van der Waals surface area contributed by atoms with Gasteiger partial charge in [0.25, 0.3) is 0 Å². The molecule has 3 rings (SSSR count). The number of aliphatic hydroxyl groups is 1. The highest BCUT2D eigenvalue weighted by molar-refractivity contribution is 5.86. The quantitative estimate of drug-likeness (QED) is 0.933. The van der Waals surface area contributed by atoms with Crippen LogP contribution in [-0.4, -0.2) is 31.0 Å². The molecule has 1 aliphatic heterocycles. The summed E-state index contributed by atoms with van der Waals surface area (Å²) < 4.78 is 11.7. The molecule has 2 aromatic rings. The Morgan fingerprint density at radius 1 is 1.15 bits per heavy atom. The van der Waals surface area contributed by atoms with Gasteiger partial charge in [-0.25, -0.2) is 0 Å². The Morgan fingerprint density at radius 3 is 2.65 bits per heavy atom. The van der Waals surface area contributed by atoms with Crippen LogP contribution in [0.25, 0.3) is 10.8 Å². The van der Waals surface area contributed by atoms with Gasteiger partial charge in [-0.15, -0.1) is 0 Å². The highest BCUT2D eigenvalue weighted by atomic mass is 16.6. The summed E-state index contributed by atoms with van der Waals surface area (Å²) >= 11 is 0. The molecule has 0 aliphatic carbocycles. The third-order valence-corrected chi connectivity index (χ3v) is 4.31. The molecule has 2 aromatic carbocycles. The number of ether oxygens (including phenoxy) is 2. The monoisotopic (exact) mass is 272 g/mol. The van der Waals surface area contributed by atoms with Crippen molar-refractivity contribution in [3.8, 4) is 0 Å². The zero-order valence-electron chi connectivity index (χ0n) is 11.8. The molecule has 0 aromatic heterocycles. The molecule has 20 heavy (non-hydrogen) atoms. The zero-order valence-corrected chi connectivity index (χ0v) is 11.8. The molecule has 0 saturated carbocycles. The fraction of sp³-hybridized carbons (Fsp3) is 0.412. The standard InChI is InChI=1S/C17H20O3/c1-11-15(10-18)20-17(16(11)19-2)14-9-5-7-12-6-3-4-8-13(12)14/h3-9,11,15-18H,10H2,1-2H3/t11-,15-,16-,17+/m1/s1. The molecule has 3 nitrogen and oxygen atoms in total. The van der Waals surface area contributed by atoms with Crippen LogP contribution in [0.4, 0.5) is 0 Å². The first kappa shape index (κ1) is 13.6. The van der Waals surface area contributed by atoms with Gasteiger partial charge in [0.2, 0.25) is 0 Å². The number of fused-ring (bicyclic) bond motifs is 1. The van der Waals surface area contributed by atoms with Crippen LogP contribution in [0.15, 0.2) is 42.5 Å². The van der Waals surface area contributed by atoms with Crippen molar-refractivity contribution in [3.63, 3.8) is 0 Å². The highest BCUT2D eigenvalue weighted by Gasteiger charge is 2.42. The SMILES string of the molecule is CO[C@@H]1[C@H](C)[C@@H](CO)O[C@H]1c1cccc2ccccc12. The van der Waals surface area contributed by atoms with E-state index in [9.17, 15) is 5.11 Å². The zero-order chi connectivity index (χ0) is 14.1. The third-order valence-electron chi connectivity index (χ3n) is 4.31. The smallest absolute Gasteiger partial charge is 0.110 e.